The summed E-state index contributed by atoms with van der Waals surface area (Å²) in [5.41, 5.74) is 8.70. The van der Waals surface area contributed by atoms with Crippen LogP contribution in [0.3, 0.4) is 0 Å². The second-order valence-electron chi connectivity index (χ2n) is 10.5. The maximum Gasteiger partial charge on any atom is 0.119 e. The third kappa shape index (κ3) is 10.1. The molecule has 0 bridgehead atoms. The molecule has 0 saturated heterocycles. The van der Waals surface area contributed by atoms with Crippen LogP contribution in [0, 0.1) is 11.8 Å². The summed E-state index contributed by atoms with van der Waals surface area (Å²) in [6.45, 7) is 17.0. The Bertz CT molecular complexity index is 756. The van der Waals surface area contributed by atoms with E-state index in [0.29, 0.717) is 18.4 Å². The first kappa shape index (κ1) is 26.2. The lowest BCUT2D eigenvalue weighted by Gasteiger charge is -2.36. The van der Waals surface area contributed by atoms with Gasteiger partial charge < -0.3 is 20.7 Å². The number of nitrogens with zero attached hydrogens (tertiary/aromatic N) is 1. The normalized spacial score (nSPS) is 12.9. The van der Waals surface area contributed by atoms with Crippen LogP contribution in [0.25, 0.3) is 0 Å². The lowest BCUT2D eigenvalue weighted by atomic mass is 10.00. The van der Waals surface area contributed by atoms with Gasteiger partial charge in [0.05, 0.1) is 0 Å². The molecule has 0 fully saturated rings. The van der Waals surface area contributed by atoms with Crippen LogP contribution in [0.1, 0.15) is 59.9 Å². The predicted octanol–water partition coefficient (Wildman–Crippen LogP) is 5.86. The van der Waals surface area contributed by atoms with Gasteiger partial charge in [-0.3, -0.25) is 0 Å². The molecule has 0 spiro atoms. The maximum absolute atomic E-state index is 6.32. The fourth-order valence-electron chi connectivity index (χ4n) is 3.84. The highest BCUT2D eigenvalue weighted by Gasteiger charge is 2.23. The molecule has 3 N–H and O–H groups in total. The van der Waals surface area contributed by atoms with E-state index in [9.17, 15) is 0 Å². The third-order valence-electron chi connectivity index (χ3n) is 5.63. The van der Waals surface area contributed by atoms with E-state index in [0.717, 1.165) is 38.2 Å². The molecule has 0 aliphatic rings. The number of hydrogen-bond acceptors (Lipinski definition) is 4. The van der Waals surface area contributed by atoms with E-state index in [4.69, 9.17) is 10.5 Å². The van der Waals surface area contributed by atoms with Crippen LogP contribution in [-0.2, 0) is 6.61 Å². The van der Waals surface area contributed by atoms with Gasteiger partial charge in [0.2, 0.25) is 0 Å². The van der Waals surface area contributed by atoms with E-state index in [1.165, 1.54) is 11.3 Å². The number of nitrogens with two attached hydrogens (primary N) is 1. The quantitative estimate of drug-likeness (QED) is 0.387. The first-order valence-electron chi connectivity index (χ1n) is 12.2. The zero-order chi connectivity index (χ0) is 23.6. The molecule has 1 atom stereocenters. The molecule has 2 rings (SSSR count). The van der Waals surface area contributed by atoms with Crippen molar-refractivity contribution < 1.29 is 4.74 Å². The summed E-state index contributed by atoms with van der Waals surface area (Å²) in [6.07, 6.45) is 2.21. The first-order valence-corrected chi connectivity index (χ1v) is 12.2. The number of rotatable bonds is 14. The minimum atomic E-state index is -0.0337. The van der Waals surface area contributed by atoms with Gasteiger partial charge in [0.1, 0.15) is 12.4 Å². The molecule has 1 unspecified atom stereocenters. The average Bonchev–Trinajstić information content (AvgIpc) is 2.74. The van der Waals surface area contributed by atoms with E-state index in [2.05, 4.69) is 88.2 Å². The predicted molar refractivity (Wildman–Crippen MR) is 138 cm³/mol. The topological polar surface area (TPSA) is 50.5 Å². The Labute approximate surface area is 196 Å². The van der Waals surface area contributed by atoms with E-state index in [1.807, 2.05) is 18.2 Å². The summed E-state index contributed by atoms with van der Waals surface area (Å²) in [5, 5.41) is 3.71. The number of hydrogen-bond donors (Lipinski definition) is 2. The molecule has 0 radical (unpaired) electrons. The zero-order valence-electron chi connectivity index (χ0n) is 21.1. The molecule has 0 aromatic heterocycles. The van der Waals surface area contributed by atoms with E-state index < -0.39 is 0 Å². The highest BCUT2D eigenvalue weighted by Crippen LogP contribution is 2.23. The van der Waals surface area contributed by atoms with Crippen LogP contribution >= 0.6 is 0 Å². The molecular weight excluding hydrogens is 394 g/mol. The largest absolute Gasteiger partial charge is 0.489 e. The van der Waals surface area contributed by atoms with Crippen LogP contribution < -0.4 is 20.7 Å². The van der Waals surface area contributed by atoms with Crippen molar-refractivity contribution in [3.05, 3.63) is 60.2 Å². The van der Waals surface area contributed by atoms with Gasteiger partial charge in [-0.05, 0) is 68.4 Å². The lowest BCUT2D eigenvalue weighted by molar-refractivity contribution is 0.306. The minimum Gasteiger partial charge on any atom is -0.489 e. The van der Waals surface area contributed by atoms with Gasteiger partial charge in [0, 0.05) is 36.9 Å². The molecule has 0 heterocycles. The van der Waals surface area contributed by atoms with Gasteiger partial charge >= 0.3 is 0 Å². The molecule has 2 aromatic carbocycles. The molecular formula is C28H45N3O. The Morgan fingerprint density at radius 2 is 1.59 bits per heavy atom. The van der Waals surface area contributed by atoms with Crippen molar-refractivity contribution in [2.45, 2.75) is 72.6 Å². The van der Waals surface area contributed by atoms with E-state index >= 15 is 0 Å². The summed E-state index contributed by atoms with van der Waals surface area (Å²) in [4.78, 5) is 2.49. The monoisotopic (exact) mass is 439 g/mol. The lowest BCUT2D eigenvalue weighted by Crippen LogP contribution is -2.53. The standard InChI is InChI=1S/C28H45N3O/c1-22(2)16-17-31(21-28(5,6)30-19-25(29)18-23(3)4)26-12-14-27(15-13-26)32-20-24-10-8-7-9-11-24/h7-15,22-23,25,30H,16-21,29H2,1-6H3. The Morgan fingerprint density at radius 1 is 0.938 bits per heavy atom. The Morgan fingerprint density at radius 3 is 2.19 bits per heavy atom. The second-order valence-corrected chi connectivity index (χ2v) is 10.5. The van der Waals surface area contributed by atoms with Crippen LogP contribution in [0.15, 0.2) is 54.6 Å². The summed E-state index contributed by atoms with van der Waals surface area (Å²) >= 11 is 0. The smallest absolute Gasteiger partial charge is 0.119 e. The maximum atomic E-state index is 6.32. The molecule has 178 valence electrons. The summed E-state index contributed by atoms with van der Waals surface area (Å²) in [5.74, 6) is 2.19. The Balaban J connectivity index is 2.00. The molecule has 32 heavy (non-hydrogen) atoms. The molecule has 4 nitrogen and oxygen atoms in total. The van der Waals surface area contributed by atoms with Gasteiger partial charge in [-0.15, -0.1) is 0 Å². The molecule has 0 saturated carbocycles. The third-order valence-corrected chi connectivity index (χ3v) is 5.63. The van der Waals surface area contributed by atoms with Gasteiger partial charge in [-0.1, -0.05) is 58.0 Å². The van der Waals surface area contributed by atoms with Gasteiger partial charge in [-0.2, -0.15) is 0 Å². The SMILES string of the molecule is CC(C)CCN(CC(C)(C)NCC(N)CC(C)C)c1ccc(OCc2ccccc2)cc1. The zero-order valence-corrected chi connectivity index (χ0v) is 21.1. The van der Waals surface area contributed by atoms with Crippen molar-refractivity contribution in [1.82, 2.24) is 5.32 Å². The van der Waals surface area contributed by atoms with Crippen LogP contribution in [0.5, 0.6) is 5.75 Å². The number of anilines is 1. The second kappa shape index (κ2) is 12.9. The van der Waals surface area contributed by atoms with E-state index in [1.54, 1.807) is 0 Å². The van der Waals surface area contributed by atoms with Crippen LogP contribution in [-0.4, -0.2) is 31.2 Å². The highest BCUT2D eigenvalue weighted by atomic mass is 16.5. The molecule has 2 aromatic rings. The van der Waals surface area contributed by atoms with Crippen molar-refractivity contribution in [3.8, 4) is 5.75 Å². The average molecular weight is 440 g/mol. The molecule has 4 heteroatoms. The van der Waals surface area contributed by atoms with Crippen molar-refractivity contribution in [2.75, 3.05) is 24.5 Å². The van der Waals surface area contributed by atoms with Gasteiger partial charge in [0.25, 0.3) is 0 Å². The van der Waals surface area contributed by atoms with Gasteiger partial charge in [-0.25, -0.2) is 0 Å². The first-order chi connectivity index (χ1) is 15.1. The van der Waals surface area contributed by atoms with Gasteiger partial charge in [0.15, 0.2) is 0 Å². The molecule has 0 amide bonds. The van der Waals surface area contributed by atoms with Crippen molar-refractivity contribution in [1.29, 1.82) is 0 Å². The fourth-order valence-corrected chi connectivity index (χ4v) is 3.84. The molecule has 0 aliphatic heterocycles. The van der Waals surface area contributed by atoms with Crippen molar-refractivity contribution in [3.63, 3.8) is 0 Å². The van der Waals surface area contributed by atoms with Crippen molar-refractivity contribution in [2.24, 2.45) is 17.6 Å². The van der Waals surface area contributed by atoms with Crippen LogP contribution in [0.2, 0.25) is 0 Å². The Hall–Kier alpha value is -2.04. The van der Waals surface area contributed by atoms with Crippen LogP contribution in [0.4, 0.5) is 5.69 Å². The highest BCUT2D eigenvalue weighted by molar-refractivity contribution is 5.49. The number of ether oxygens (including phenoxy) is 1. The van der Waals surface area contributed by atoms with E-state index in [-0.39, 0.29) is 11.6 Å². The fraction of sp³-hybridized carbons (Fsp3) is 0.571. The number of benzene rings is 2. The summed E-state index contributed by atoms with van der Waals surface area (Å²) in [7, 11) is 0. The van der Waals surface area contributed by atoms with Crippen molar-refractivity contribution >= 4 is 5.69 Å². The minimum absolute atomic E-state index is 0.0337. The Kier molecular flexibility index (Phi) is 10.5. The number of nitrogens with one attached hydrogen (secondary N) is 1. The summed E-state index contributed by atoms with van der Waals surface area (Å²) < 4.78 is 5.98. The molecule has 0 aliphatic carbocycles. The summed E-state index contributed by atoms with van der Waals surface area (Å²) in [6, 6.07) is 19.0.